The molecule has 1 saturated carbocycles. The van der Waals surface area contributed by atoms with Crippen LogP contribution in [0, 0.1) is 0 Å². The van der Waals surface area contributed by atoms with Crippen LogP contribution in [0.15, 0.2) is 24.3 Å². The number of ether oxygens (including phenoxy) is 1. The highest BCUT2D eigenvalue weighted by Gasteiger charge is 2.20. The van der Waals surface area contributed by atoms with Gasteiger partial charge in [0.1, 0.15) is 5.75 Å². The van der Waals surface area contributed by atoms with Crippen LogP contribution < -0.4 is 10.1 Å². The standard InChI is InChI=1S/C16H23NO3/c1-12(16(19)17-14-5-3-2-4-6-14)20-15-9-7-13(11-18)8-10-15/h7-10,12,14,18H,2-6,11H2,1H3,(H,17,19). The molecule has 2 rings (SSSR count). The zero-order valence-corrected chi connectivity index (χ0v) is 12.0. The maximum Gasteiger partial charge on any atom is 0.260 e. The first-order valence-electron chi connectivity index (χ1n) is 7.36. The van der Waals surface area contributed by atoms with Gasteiger partial charge >= 0.3 is 0 Å². The van der Waals surface area contributed by atoms with Crippen molar-refractivity contribution in [2.75, 3.05) is 0 Å². The maximum absolute atomic E-state index is 12.1. The van der Waals surface area contributed by atoms with E-state index in [9.17, 15) is 4.79 Å². The summed E-state index contributed by atoms with van der Waals surface area (Å²) >= 11 is 0. The minimum Gasteiger partial charge on any atom is -0.481 e. The molecule has 1 aromatic carbocycles. The lowest BCUT2D eigenvalue weighted by molar-refractivity contribution is -0.128. The first kappa shape index (κ1) is 14.9. The average molecular weight is 277 g/mol. The Morgan fingerprint density at radius 1 is 1.30 bits per heavy atom. The lowest BCUT2D eigenvalue weighted by atomic mass is 9.95. The van der Waals surface area contributed by atoms with Gasteiger partial charge in [0.15, 0.2) is 6.10 Å². The normalized spacial score (nSPS) is 17.5. The van der Waals surface area contributed by atoms with Crippen LogP contribution in [-0.4, -0.2) is 23.2 Å². The van der Waals surface area contributed by atoms with E-state index < -0.39 is 6.10 Å². The number of hydrogen-bond donors (Lipinski definition) is 2. The van der Waals surface area contributed by atoms with Crippen LogP contribution in [-0.2, 0) is 11.4 Å². The number of aliphatic hydroxyl groups is 1. The Kier molecular flexibility index (Phi) is 5.41. The third-order valence-corrected chi connectivity index (χ3v) is 3.74. The summed E-state index contributed by atoms with van der Waals surface area (Å²) in [4.78, 5) is 12.1. The minimum absolute atomic E-state index is 0.0119. The fourth-order valence-corrected chi connectivity index (χ4v) is 2.50. The summed E-state index contributed by atoms with van der Waals surface area (Å²) in [5.41, 5.74) is 0.830. The van der Waals surface area contributed by atoms with Crippen molar-refractivity contribution < 1.29 is 14.6 Å². The molecule has 20 heavy (non-hydrogen) atoms. The van der Waals surface area contributed by atoms with Gasteiger partial charge in [-0.3, -0.25) is 4.79 Å². The Balaban J connectivity index is 1.83. The van der Waals surface area contributed by atoms with E-state index in [1.54, 1.807) is 31.2 Å². The molecule has 1 atom stereocenters. The Hall–Kier alpha value is -1.55. The van der Waals surface area contributed by atoms with Gasteiger partial charge in [-0.05, 0) is 37.5 Å². The third-order valence-electron chi connectivity index (χ3n) is 3.74. The van der Waals surface area contributed by atoms with Crippen LogP contribution in [0.5, 0.6) is 5.75 Å². The van der Waals surface area contributed by atoms with Crippen molar-refractivity contribution >= 4 is 5.91 Å². The SMILES string of the molecule is CC(Oc1ccc(CO)cc1)C(=O)NC1CCCCC1. The number of carbonyl (C=O) groups is 1. The van der Waals surface area contributed by atoms with Gasteiger partial charge in [0.05, 0.1) is 6.61 Å². The largest absolute Gasteiger partial charge is 0.481 e. The molecule has 0 spiro atoms. The molecule has 1 aromatic rings. The molecule has 0 aromatic heterocycles. The van der Waals surface area contributed by atoms with Crippen LogP contribution in [0.25, 0.3) is 0 Å². The van der Waals surface area contributed by atoms with Gasteiger partial charge in [0.25, 0.3) is 5.91 Å². The number of aliphatic hydroxyl groups excluding tert-OH is 1. The first-order chi connectivity index (χ1) is 9.69. The number of nitrogens with one attached hydrogen (secondary N) is 1. The lowest BCUT2D eigenvalue weighted by Gasteiger charge is -2.24. The van der Waals surface area contributed by atoms with Gasteiger partial charge in [-0.1, -0.05) is 31.4 Å². The number of amides is 1. The fourth-order valence-electron chi connectivity index (χ4n) is 2.50. The molecule has 1 amide bonds. The summed E-state index contributed by atoms with van der Waals surface area (Å²) in [6.45, 7) is 1.77. The molecule has 0 bridgehead atoms. The van der Waals surface area contributed by atoms with Crippen LogP contribution in [0.2, 0.25) is 0 Å². The van der Waals surface area contributed by atoms with Crippen LogP contribution in [0.1, 0.15) is 44.6 Å². The molecule has 1 aliphatic carbocycles. The van der Waals surface area contributed by atoms with Crippen LogP contribution >= 0.6 is 0 Å². The van der Waals surface area contributed by atoms with Crippen molar-refractivity contribution in [2.45, 2.75) is 57.8 Å². The van der Waals surface area contributed by atoms with E-state index >= 15 is 0 Å². The Bertz CT molecular complexity index is 424. The molecule has 2 N–H and O–H groups in total. The minimum atomic E-state index is -0.503. The van der Waals surface area contributed by atoms with Gasteiger partial charge in [-0.25, -0.2) is 0 Å². The predicted molar refractivity (Wildman–Crippen MR) is 77.5 cm³/mol. The summed E-state index contributed by atoms with van der Waals surface area (Å²) < 4.78 is 5.62. The molecule has 1 unspecified atom stereocenters. The molecule has 0 heterocycles. The number of carbonyl (C=O) groups excluding carboxylic acids is 1. The van der Waals surface area contributed by atoms with Crippen molar-refractivity contribution in [3.05, 3.63) is 29.8 Å². The summed E-state index contributed by atoms with van der Waals surface area (Å²) in [7, 11) is 0. The second-order valence-electron chi connectivity index (χ2n) is 5.41. The summed E-state index contributed by atoms with van der Waals surface area (Å²) in [6.07, 6.45) is 5.31. The van der Waals surface area contributed by atoms with Gasteiger partial charge in [-0.15, -0.1) is 0 Å². The van der Waals surface area contributed by atoms with E-state index in [4.69, 9.17) is 9.84 Å². The Morgan fingerprint density at radius 3 is 2.55 bits per heavy atom. The van der Waals surface area contributed by atoms with Crippen molar-refractivity contribution in [1.82, 2.24) is 5.32 Å². The van der Waals surface area contributed by atoms with E-state index in [0.29, 0.717) is 11.8 Å². The average Bonchev–Trinajstić information content (AvgIpc) is 2.49. The molecule has 1 fully saturated rings. The molecule has 4 nitrogen and oxygen atoms in total. The fraction of sp³-hybridized carbons (Fsp3) is 0.562. The number of hydrogen-bond acceptors (Lipinski definition) is 3. The quantitative estimate of drug-likeness (QED) is 0.869. The van der Waals surface area contributed by atoms with E-state index in [0.717, 1.165) is 18.4 Å². The van der Waals surface area contributed by atoms with E-state index in [-0.39, 0.29) is 12.5 Å². The zero-order chi connectivity index (χ0) is 14.4. The van der Waals surface area contributed by atoms with Gasteiger partial charge in [-0.2, -0.15) is 0 Å². The number of benzene rings is 1. The third kappa shape index (κ3) is 4.23. The molecule has 0 saturated heterocycles. The van der Waals surface area contributed by atoms with Gasteiger partial charge in [0.2, 0.25) is 0 Å². The number of rotatable bonds is 5. The Morgan fingerprint density at radius 2 is 1.95 bits per heavy atom. The maximum atomic E-state index is 12.1. The van der Waals surface area contributed by atoms with E-state index in [2.05, 4.69) is 5.32 Å². The zero-order valence-electron chi connectivity index (χ0n) is 12.0. The highest BCUT2D eigenvalue weighted by atomic mass is 16.5. The summed E-state index contributed by atoms with van der Waals surface area (Å²) in [5.74, 6) is 0.594. The van der Waals surface area contributed by atoms with Crippen molar-refractivity contribution in [3.8, 4) is 5.75 Å². The molecular weight excluding hydrogens is 254 g/mol. The Labute approximate surface area is 120 Å². The summed E-state index contributed by atoms with van der Waals surface area (Å²) in [6, 6.07) is 7.44. The van der Waals surface area contributed by atoms with Crippen LogP contribution in [0.3, 0.4) is 0 Å². The topological polar surface area (TPSA) is 58.6 Å². The second-order valence-corrected chi connectivity index (χ2v) is 5.41. The van der Waals surface area contributed by atoms with Crippen LogP contribution in [0.4, 0.5) is 0 Å². The second kappa shape index (κ2) is 7.29. The first-order valence-corrected chi connectivity index (χ1v) is 7.36. The smallest absolute Gasteiger partial charge is 0.260 e. The molecule has 0 aliphatic heterocycles. The summed E-state index contributed by atoms with van der Waals surface area (Å²) in [5, 5.41) is 12.0. The van der Waals surface area contributed by atoms with Crippen molar-refractivity contribution in [2.24, 2.45) is 0 Å². The molecule has 4 heteroatoms. The lowest BCUT2D eigenvalue weighted by Crippen LogP contribution is -2.43. The van der Waals surface area contributed by atoms with Crippen molar-refractivity contribution in [3.63, 3.8) is 0 Å². The predicted octanol–water partition coefficient (Wildman–Crippen LogP) is 2.40. The van der Waals surface area contributed by atoms with E-state index in [1.807, 2.05) is 0 Å². The molecule has 0 radical (unpaired) electrons. The molecule has 110 valence electrons. The molecular formula is C16H23NO3. The van der Waals surface area contributed by atoms with E-state index in [1.165, 1.54) is 19.3 Å². The van der Waals surface area contributed by atoms with Gasteiger partial charge in [0, 0.05) is 6.04 Å². The highest BCUT2D eigenvalue weighted by Crippen LogP contribution is 2.18. The van der Waals surface area contributed by atoms with Gasteiger partial charge < -0.3 is 15.2 Å². The molecule has 1 aliphatic rings. The monoisotopic (exact) mass is 277 g/mol. The highest BCUT2D eigenvalue weighted by molar-refractivity contribution is 5.81. The van der Waals surface area contributed by atoms with Crippen molar-refractivity contribution in [1.29, 1.82) is 0 Å².